The van der Waals surface area contributed by atoms with Crippen molar-refractivity contribution in [2.45, 2.75) is 97.2 Å². The Morgan fingerprint density at radius 1 is 0.745 bits per heavy atom. The maximum Gasteiger partial charge on any atom is 0.352 e. The number of esters is 5. The first kappa shape index (κ1) is 46.7. The minimum absolute atomic E-state index is 0.0496. The van der Waals surface area contributed by atoms with Gasteiger partial charge in [-0.05, 0) is 72.1 Å². The summed E-state index contributed by atoms with van der Waals surface area (Å²) >= 11 is 0. The van der Waals surface area contributed by atoms with Crippen LogP contribution in [0.2, 0.25) is 0 Å². The second-order valence-corrected chi connectivity index (χ2v) is 12.2. The van der Waals surface area contributed by atoms with E-state index in [4.69, 9.17) is 23.7 Å². The van der Waals surface area contributed by atoms with E-state index in [1.807, 2.05) is 0 Å². The van der Waals surface area contributed by atoms with Gasteiger partial charge in [-0.15, -0.1) is 30.3 Å². The molecule has 0 saturated heterocycles. The molecule has 0 bridgehead atoms. The van der Waals surface area contributed by atoms with E-state index in [9.17, 15) is 59.1 Å². The molecule has 5 unspecified atom stereocenters. The van der Waals surface area contributed by atoms with Crippen LogP contribution in [0.1, 0.15) is 66.4 Å². The summed E-state index contributed by atoms with van der Waals surface area (Å²) in [5, 5.41) is 30.0. The van der Waals surface area contributed by atoms with Gasteiger partial charge in [-0.3, -0.25) is 19.2 Å². The van der Waals surface area contributed by atoms with E-state index in [1.165, 1.54) is 52.0 Å². The van der Waals surface area contributed by atoms with Crippen molar-refractivity contribution in [3.8, 4) is 5.75 Å². The molecule has 0 fully saturated rings. The van der Waals surface area contributed by atoms with Crippen LogP contribution < -0.4 is 10.1 Å². The van der Waals surface area contributed by atoms with E-state index in [-0.39, 0.29) is 31.8 Å². The Bertz CT molecular complexity index is 1530. The van der Waals surface area contributed by atoms with Gasteiger partial charge in [-0.25, -0.2) is 14.4 Å². The first-order chi connectivity index (χ1) is 25.6. The Morgan fingerprint density at radius 3 is 1.93 bits per heavy atom. The molecule has 0 aliphatic heterocycles. The van der Waals surface area contributed by atoms with Crippen LogP contribution in [0, 0.1) is 36.3 Å². The van der Waals surface area contributed by atoms with E-state index < -0.39 is 99.9 Å². The maximum atomic E-state index is 13.3. The zero-order valence-electron chi connectivity index (χ0n) is 30.7. The summed E-state index contributed by atoms with van der Waals surface area (Å²) in [4.78, 5) is 118. The smallest absolute Gasteiger partial charge is 0.352 e. The van der Waals surface area contributed by atoms with Gasteiger partial charge in [-0.2, -0.15) is 0 Å². The largest absolute Gasteiger partial charge is 0.465 e. The molecule has 0 aromatic heterocycles. The molecular weight excluding hydrogens is 748 g/mol. The molecule has 1 aromatic rings. The number of hydrogen-bond donors (Lipinski definition) is 1. The number of nitrogens with zero attached hydrogens (tertiary/aromatic N) is 3. The first-order valence-electron chi connectivity index (χ1n) is 16.3. The van der Waals surface area contributed by atoms with Gasteiger partial charge in [0.2, 0.25) is 12.0 Å². The summed E-state index contributed by atoms with van der Waals surface area (Å²) < 4.78 is 25.9. The van der Waals surface area contributed by atoms with Crippen LogP contribution in [-0.4, -0.2) is 101 Å². The Morgan fingerprint density at radius 2 is 1.35 bits per heavy atom. The molecule has 5 atom stereocenters. The molecular formula is C31H42N4O20. The van der Waals surface area contributed by atoms with Gasteiger partial charge in [0.05, 0.1) is 25.6 Å². The third kappa shape index (κ3) is 19.3. The van der Waals surface area contributed by atoms with Gasteiger partial charge >= 0.3 is 29.8 Å². The SMILES string of the molecule is CC(OC(=O)C(C)O[N+](=O)[O-])C(=O)Oc1ccc(CC(NC(=O)CO[N+](=O)[O-])C(=O)OC(C)(C)CC(=O)OC(C)C(C)C(=O)OCCCCO[N+](=O)[O-])cc1. The summed E-state index contributed by atoms with van der Waals surface area (Å²) in [7, 11) is 0. The van der Waals surface area contributed by atoms with Gasteiger partial charge in [-0.1, -0.05) is 12.1 Å². The highest BCUT2D eigenvalue weighted by molar-refractivity contribution is 5.86. The zero-order valence-corrected chi connectivity index (χ0v) is 30.7. The third-order valence-corrected chi connectivity index (χ3v) is 7.02. The monoisotopic (exact) mass is 790 g/mol. The fourth-order valence-electron chi connectivity index (χ4n) is 4.08. The summed E-state index contributed by atoms with van der Waals surface area (Å²) in [5.41, 5.74) is -1.20. The van der Waals surface area contributed by atoms with Crippen LogP contribution in [-0.2, 0) is 68.6 Å². The molecule has 1 amide bonds. The minimum Gasteiger partial charge on any atom is -0.465 e. The summed E-state index contributed by atoms with van der Waals surface area (Å²) in [5.74, 6) is -6.90. The summed E-state index contributed by atoms with van der Waals surface area (Å²) in [6.45, 7) is 6.54. The van der Waals surface area contributed by atoms with Crippen molar-refractivity contribution < 1.29 is 82.2 Å². The first-order valence-corrected chi connectivity index (χ1v) is 16.3. The molecule has 24 heteroatoms. The average Bonchev–Trinajstić information content (AvgIpc) is 3.07. The Labute approximate surface area is 312 Å². The van der Waals surface area contributed by atoms with Gasteiger partial charge < -0.3 is 38.7 Å². The molecule has 0 radical (unpaired) electrons. The Hall–Kier alpha value is -6.36. The van der Waals surface area contributed by atoms with Crippen molar-refractivity contribution >= 4 is 35.8 Å². The fourth-order valence-corrected chi connectivity index (χ4v) is 4.08. The number of amides is 1. The number of hydrogen-bond acceptors (Lipinski definition) is 20. The molecule has 0 aliphatic rings. The molecule has 0 aliphatic carbocycles. The highest BCUT2D eigenvalue weighted by Gasteiger charge is 2.34. The third-order valence-electron chi connectivity index (χ3n) is 7.02. The van der Waals surface area contributed by atoms with Crippen molar-refractivity contribution in [2.75, 3.05) is 19.8 Å². The molecule has 55 heavy (non-hydrogen) atoms. The van der Waals surface area contributed by atoms with Crippen LogP contribution in [0.3, 0.4) is 0 Å². The zero-order chi connectivity index (χ0) is 41.9. The van der Waals surface area contributed by atoms with Gasteiger partial charge in [0.1, 0.15) is 23.5 Å². The predicted octanol–water partition coefficient (Wildman–Crippen LogP) is 1.17. The number of rotatable bonds is 25. The number of unbranched alkanes of at least 4 members (excludes halogenated alkanes) is 1. The lowest BCUT2D eigenvalue weighted by molar-refractivity contribution is -0.764. The van der Waals surface area contributed by atoms with Crippen LogP contribution in [0.4, 0.5) is 0 Å². The van der Waals surface area contributed by atoms with Crippen LogP contribution in [0.25, 0.3) is 0 Å². The quantitative estimate of drug-likeness (QED) is 0.0363. The van der Waals surface area contributed by atoms with Gasteiger partial charge in [0.15, 0.2) is 12.7 Å². The second kappa shape index (κ2) is 22.7. The molecule has 306 valence electrons. The molecule has 1 aromatic carbocycles. The van der Waals surface area contributed by atoms with E-state index in [1.54, 1.807) is 0 Å². The topological polar surface area (TPSA) is 318 Å². The van der Waals surface area contributed by atoms with Gasteiger partial charge in [0, 0.05) is 6.42 Å². The fraction of sp³-hybridized carbons (Fsp3) is 0.613. The van der Waals surface area contributed by atoms with Crippen molar-refractivity contribution in [1.82, 2.24) is 5.32 Å². The number of carbonyl (C=O) groups is 6. The standard InChI is InChI=1S/C31H42N4O20/c1-18(27(38)48-13-7-8-14-49-33(42)43)19(2)51-26(37)16-31(5,6)54-30(41)24(32-25(36)17-50-34(44)45)15-22-9-11-23(12-10-22)53-28(39)20(3)52-29(40)21(4)55-35(46)47/h9-12,18-21,24H,7-8,13-17H2,1-6H3,(H,32,36). The Balaban J connectivity index is 2.88. The molecule has 0 spiro atoms. The highest BCUT2D eigenvalue weighted by atomic mass is 17.0. The lowest BCUT2D eigenvalue weighted by atomic mass is 10.0. The lowest BCUT2D eigenvalue weighted by Gasteiger charge is -2.28. The lowest BCUT2D eigenvalue weighted by Crippen LogP contribution is -2.47. The summed E-state index contributed by atoms with van der Waals surface area (Å²) in [6.07, 6.45) is -4.31. The van der Waals surface area contributed by atoms with Crippen LogP contribution in [0.15, 0.2) is 24.3 Å². The molecule has 0 heterocycles. The number of benzene rings is 1. The number of nitrogens with one attached hydrogen (secondary N) is 1. The number of ether oxygens (including phenoxy) is 5. The maximum absolute atomic E-state index is 13.3. The summed E-state index contributed by atoms with van der Waals surface area (Å²) in [6, 6.07) is 3.84. The predicted molar refractivity (Wildman–Crippen MR) is 176 cm³/mol. The second-order valence-electron chi connectivity index (χ2n) is 12.2. The van der Waals surface area contributed by atoms with E-state index >= 15 is 0 Å². The van der Waals surface area contributed by atoms with Crippen molar-refractivity contribution in [3.05, 3.63) is 60.2 Å². The van der Waals surface area contributed by atoms with E-state index in [0.717, 1.165) is 13.8 Å². The average molecular weight is 791 g/mol. The molecule has 0 saturated carbocycles. The van der Waals surface area contributed by atoms with Gasteiger partial charge in [0.25, 0.3) is 15.3 Å². The van der Waals surface area contributed by atoms with E-state index in [0.29, 0.717) is 12.0 Å². The Kier molecular flexibility index (Phi) is 19.2. The highest BCUT2D eigenvalue weighted by Crippen LogP contribution is 2.21. The minimum atomic E-state index is -1.61. The molecule has 1 N–H and O–H groups in total. The van der Waals surface area contributed by atoms with Crippen LogP contribution in [0.5, 0.6) is 5.75 Å². The van der Waals surface area contributed by atoms with Crippen LogP contribution >= 0.6 is 0 Å². The van der Waals surface area contributed by atoms with Crippen molar-refractivity contribution in [3.63, 3.8) is 0 Å². The molecule has 24 nitrogen and oxygen atoms in total. The van der Waals surface area contributed by atoms with Crippen molar-refractivity contribution in [1.29, 1.82) is 0 Å². The van der Waals surface area contributed by atoms with E-state index in [2.05, 4.69) is 19.8 Å². The number of carbonyl (C=O) groups excluding carboxylic acids is 6. The van der Waals surface area contributed by atoms with Crippen molar-refractivity contribution in [2.24, 2.45) is 5.92 Å². The molecule has 1 rings (SSSR count). The normalized spacial score (nSPS) is 13.6.